The lowest BCUT2D eigenvalue weighted by molar-refractivity contribution is 0.439. The Kier molecular flexibility index (Phi) is 5.28. The van der Waals surface area contributed by atoms with Crippen LogP contribution in [-0.4, -0.2) is 22.7 Å². The number of ether oxygens (including phenoxy) is 1. The first-order chi connectivity index (χ1) is 14.6. The normalized spacial score (nSPS) is 11.8. The first kappa shape index (κ1) is 21.0. The van der Waals surface area contributed by atoms with Gasteiger partial charge < -0.3 is 19.1 Å². The zero-order valence-electron chi connectivity index (χ0n) is 17.4. The van der Waals surface area contributed by atoms with Crippen LogP contribution in [0.5, 0.6) is 11.5 Å². The number of aromatic amines is 1. The van der Waals surface area contributed by atoms with Crippen LogP contribution in [0, 0.1) is 11.6 Å². The third-order valence-corrected chi connectivity index (χ3v) is 6.25. The molecular weight excluding hydrogens is 418 g/mol. The summed E-state index contributed by atoms with van der Waals surface area (Å²) < 4.78 is 34.9. The number of hydrogen-bond acceptors (Lipinski definition) is 3. The Morgan fingerprint density at radius 3 is 2.52 bits per heavy atom. The maximum atomic E-state index is 14.2. The average molecular weight is 441 g/mol. The standard InChI is InChI=1S/C23H22F2N2O3Si/c1-27-12-18(16-8-9-26-22(16)23(27)28)17-10-14(13-31(2,3)29)4-6-20(17)30-21-7-5-15(24)11-19(21)25/h4-12,26,29H,13H2,1-3H3. The van der Waals surface area contributed by atoms with E-state index in [1.54, 1.807) is 31.6 Å². The van der Waals surface area contributed by atoms with Crippen LogP contribution in [0.2, 0.25) is 13.1 Å². The third-order valence-electron chi connectivity index (χ3n) is 4.98. The largest absolute Gasteiger partial charge is 0.454 e. The van der Waals surface area contributed by atoms with E-state index >= 15 is 0 Å². The Morgan fingerprint density at radius 2 is 1.81 bits per heavy atom. The smallest absolute Gasteiger partial charge is 0.274 e. The van der Waals surface area contributed by atoms with Gasteiger partial charge in [0.15, 0.2) is 19.9 Å². The van der Waals surface area contributed by atoms with E-state index in [4.69, 9.17) is 4.74 Å². The van der Waals surface area contributed by atoms with Crippen LogP contribution in [-0.2, 0) is 13.1 Å². The molecule has 0 atom stereocenters. The molecule has 0 unspecified atom stereocenters. The highest BCUT2D eigenvalue weighted by Gasteiger charge is 2.21. The summed E-state index contributed by atoms with van der Waals surface area (Å²) in [6, 6.07) is 10.9. The second-order valence-electron chi connectivity index (χ2n) is 8.22. The van der Waals surface area contributed by atoms with Crippen LogP contribution in [0.4, 0.5) is 8.78 Å². The van der Waals surface area contributed by atoms with Crippen LogP contribution < -0.4 is 10.3 Å². The van der Waals surface area contributed by atoms with Crippen molar-refractivity contribution >= 4 is 19.2 Å². The van der Waals surface area contributed by atoms with Crippen molar-refractivity contribution < 1.29 is 18.3 Å². The molecule has 0 fully saturated rings. The number of pyridine rings is 1. The van der Waals surface area contributed by atoms with Crippen LogP contribution in [0.15, 0.2) is 59.7 Å². The molecule has 2 N–H and O–H groups in total. The quantitative estimate of drug-likeness (QED) is 0.435. The number of benzene rings is 2. The predicted molar refractivity (Wildman–Crippen MR) is 119 cm³/mol. The van der Waals surface area contributed by atoms with Crippen LogP contribution >= 0.6 is 0 Å². The lowest BCUT2D eigenvalue weighted by Crippen LogP contribution is -2.28. The average Bonchev–Trinajstić information content (AvgIpc) is 3.17. The molecule has 0 saturated carbocycles. The zero-order valence-corrected chi connectivity index (χ0v) is 18.4. The summed E-state index contributed by atoms with van der Waals surface area (Å²) in [5.74, 6) is -1.26. The number of aryl methyl sites for hydroxylation is 1. The summed E-state index contributed by atoms with van der Waals surface area (Å²) in [6.07, 6.45) is 3.39. The van der Waals surface area contributed by atoms with Crippen molar-refractivity contribution in [3.8, 4) is 22.6 Å². The molecule has 2 aromatic heterocycles. The number of H-pyrrole nitrogens is 1. The minimum Gasteiger partial charge on any atom is -0.454 e. The van der Waals surface area contributed by atoms with Gasteiger partial charge in [-0.1, -0.05) is 6.07 Å². The van der Waals surface area contributed by atoms with Gasteiger partial charge in [-0.25, -0.2) is 8.78 Å². The Morgan fingerprint density at radius 1 is 1.06 bits per heavy atom. The monoisotopic (exact) mass is 440 g/mol. The maximum absolute atomic E-state index is 14.2. The Bertz CT molecular complexity index is 1340. The number of fused-ring (bicyclic) bond motifs is 1. The highest BCUT2D eigenvalue weighted by Crippen LogP contribution is 2.38. The van der Waals surface area contributed by atoms with E-state index in [0.29, 0.717) is 28.3 Å². The van der Waals surface area contributed by atoms with Gasteiger partial charge in [-0.2, -0.15) is 0 Å². The Balaban J connectivity index is 1.92. The SMILES string of the molecule is Cn1cc(-c2cc(C[Si](C)(C)O)ccc2Oc2ccc(F)cc2F)c2cc[nH]c2c1=O. The summed E-state index contributed by atoms with van der Waals surface area (Å²) in [4.78, 5) is 25.8. The summed E-state index contributed by atoms with van der Waals surface area (Å²) in [5.41, 5.74) is 2.53. The maximum Gasteiger partial charge on any atom is 0.274 e. The second kappa shape index (κ2) is 7.79. The van der Waals surface area contributed by atoms with Gasteiger partial charge in [-0.3, -0.25) is 4.79 Å². The number of nitrogens with zero attached hydrogens (tertiary/aromatic N) is 1. The summed E-state index contributed by atoms with van der Waals surface area (Å²) in [5, 5.41) is 0.699. The molecule has 4 rings (SSSR count). The van der Waals surface area contributed by atoms with Gasteiger partial charge in [0.05, 0.1) is 0 Å². The molecule has 0 aliphatic heterocycles. The molecule has 8 heteroatoms. The Labute approximate surface area is 178 Å². The van der Waals surface area contributed by atoms with Crippen molar-refractivity contribution in [1.29, 1.82) is 0 Å². The fourth-order valence-corrected chi connectivity index (χ4v) is 4.87. The van der Waals surface area contributed by atoms with E-state index in [1.165, 1.54) is 10.6 Å². The van der Waals surface area contributed by atoms with Crippen molar-refractivity contribution in [3.05, 3.63) is 82.4 Å². The van der Waals surface area contributed by atoms with Gasteiger partial charge in [0.2, 0.25) is 0 Å². The lowest BCUT2D eigenvalue weighted by Gasteiger charge is -2.18. The van der Waals surface area contributed by atoms with Gasteiger partial charge in [-0.15, -0.1) is 0 Å². The second-order valence-corrected chi connectivity index (χ2v) is 12.2. The van der Waals surface area contributed by atoms with Crippen molar-refractivity contribution in [1.82, 2.24) is 9.55 Å². The number of halogens is 2. The minimum atomic E-state index is -2.39. The van der Waals surface area contributed by atoms with Gasteiger partial charge in [0, 0.05) is 42.0 Å². The molecule has 5 nitrogen and oxygen atoms in total. The zero-order chi connectivity index (χ0) is 22.3. The van der Waals surface area contributed by atoms with Crippen LogP contribution in [0.25, 0.3) is 22.0 Å². The predicted octanol–water partition coefficient (Wildman–Crippen LogP) is 4.88. The topological polar surface area (TPSA) is 67.2 Å². The number of nitrogens with one attached hydrogen (secondary N) is 1. The highest BCUT2D eigenvalue weighted by atomic mass is 28.4. The number of aromatic nitrogens is 2. The summed E-state index contributed by atoms with van der Waals surface area (Å²) in [7, 11) is -0.740. The fourth-order valence-electron chi connectivity index (χ4n) is 3.65. The van der Waals surface area contributed by atoms with Gasteiger partial charge >= 0.3 is 0 Å². The molecule has 0 radical (unpaired) electrons. The summed E-state index contributed by atoms with van der Waals surface area (Å²) >= 11 is 0. The third kappa shape index (κ3) is 4.30. The van der Waals surface area contributed by atoms with Crippen molar-refractivity contribution in [2.45, 2.75) is 19.1 Å². The van der Waals surface area contributed by atoms with E-state index < -0.39 is 20.0 Å². The molecule has 0 amide bonds. The molecular formula is C23H22F2N2O3Si. The molecule has 0 saturated heterocycles. The molecule has 4 aromatic rings. The molecule has 0 aliphatic rings. The molecule has 0 aliphatic carbocycles. The summed E-state index contributed by atoms with van der Waals surface area (Å²) in [6.45, 7) is 3.70. The Hall–Kier alpha value is -3.23. The van der Waals surface area contributed by atoms with E-state index in [9.17, 15) is 18.4 Å². The molecule has 2 aromatic carbocycles. The van der Waals surface area contributed by atoms with E-state index in [1.807, 2.05) is 25.2 Å². The van der Waals surface area contributed by atoms with Crippen molar-refractivity contribution in [2.75, 3.05) is 0 Å². The number of rotatable bonds is 5. The first-order valence-corrected chi connectivity index (χ1v) is 12.9. The van der Waals surface area contributed by atoms with Gasteiger partial charge in [0.1, 0.15) is 17.1 Å². The van der Waals surface area contributed by atoms with Crippen molar-refractivity contribution in [2.24, 2.45) is 7.05 Å². The molecule has 0 bridgehead atoms. The van der Waals surface area contributed by atoms with Gasteiger partial charge in [0.25, 0.3) is 5.56 Å². The van der Waals surface area contributed by atoms with E-state index in [2.05, 4.69) is 4.98 Å². The molecule has 0 spiro atoms. The minimum absolute atomic E-state index is 0.109. The van der Waals surface area contributed by atoms with Gasteiger partial charge in [-0.05, 0) is 55.0 Å². The molecule has 2 heterocycles. The van der Waals surface area contributed by atoms with Crippen LogP contribution in [0.3, 0.4) is 0 Å². The lowest BCUT2D eigenvalue weighted by atomic mass is 10.0. The van der Waals surface area contributed by atoms with Crippen LogP contribution in [0.1, 0.15) is 5.56 Å². The molecule has 160 valence electrons. The first-order valence-electron chi connectivity index (χ1n) is 9.78. The molecule has 31 heavy (non-hydrogen) atoms. The fraction of sp³-hybridized carbons (Fsp3) is 0.174. The van der Waals surface area contributed by atoms with Crippen molar-refractivity contribution in [3.63, 3.8) is 0 Å². The number of hydrogen-bond donors (Lipinski definition) is 2. The highest BCUT2D eigenvalue weighted by molar-refractivity contribution is 6.69. The van der Waals surface area contributed by atoms with E-state index in [-0.39, 0.29) is 11.3 Å². The van der Waals surface area contributed by atoms with E-state index in [0.717, 1.165) is 23.3 Å².